The highest BCUT2D eigenvalue weighted by molar-refractivity contribution is 7.90. The minimum Gasteiger partial charge on any atom is -0.482 e. The summed E-state index contributed by atoms with van der Waals surface area (Å²) in [6.07, 6.45) is 1.78. The average Bonchev–Trinajstić information content (AvgIpc) is 2.90. The average molecular weight is 539 g/mol. The molecule has 0 aliphatic carbocycles. The van der Waals surface area contributed by atoms with Gasteiger partial charge in [0, 0.05) is 36.0 Å². The molecule has 38 heavy (non-hydrogen) atoms. The molecule has 0 bridgehead atoms. The van der Waals surface area contributed by atoms with Crippen LogP contribution in [0.15, 0.2) is 53.6 Å². The number of sulfonamides is 1. The van der Waals surface area contributed by atoms with Gasteiger partial charge in [-0.15, -0.1) is 0 Å². The number of aromatic nitrogens is 2. The fraction of sp³-hybridized carbons (Fsp3) is 0.240. The van der Waals surface area contributed by atoms with E-state index in [0.717, 1.165) is 4.90 Å². The number of anilines is 5. The minimum atomic E-state index is -4.02. The van der Waals surface area contributed by atoms with Gasteiger partial charge in [-0.1, -0.05) is 19.9 Å². The lowest BCUT2D eigenvalue weighted by Gasteiger charge is -2.28. The lowest BCUT2D eigenvalue weighted by molar-refractivity contribution is -0.128. The number of hydrogen-bond acceptors (Lipinski definition) is 10. The van der Waals surface area contributed by atoms with Crippen molar-refractivity contribution in [3.63, 3.8) is 0 Å². The number of benzene rings is 2. The van der Waals surface area contributed by atoms with Crippen molar-refractivity contribution in [3.8, 4) is 5.75 Å². The number of carbonyl (C=O) groups excluding carboxylic acids is 3. The number of rotatable bonds is 8. The second-order valence-electron chi connectivity index (χ2n) is 8.33. The molecule has 4 rings (SSSR count). The van der Waals surface area contributed by atoms with Gasteiger partial charge in [0.25, 0.3) is 15.9 Å². The Labute approximate surface area is 219 Å². The van der Waals surface area contributed by atoms with Gasteiger partial charge in [-0.05, 0) is 43.3 Å². The molecule has 198 valence electrons. The Balaban J connectivity index is 1.57. The van der Waals surface area contributed by atoms with Crippen LogP contribution in [0.25, 0.3) is 0 Å². The lowest BCUT2D eigenvalue weighted by atomic mass is 10.2. The molecule has 13 heteroatoms. The van der Waals surface area contributed by atoms with E-state index in [9.17, 15) is 22.8 Å². The van der Waals surface area contributed by atoms with Crippen molar-refractivity contribution in [1.29, 1.82) is 0 Å². The number of hydrogen-bond donors (Lipinski definition) is 3. The molecule has 12 nitrogen and oxygen atoms in total. The Morgan fingerprint density at radius 3 is 2.55 bits per heavy atom. The second kappa shape index (κ2) is 10.8. The van der Waals surface area contributed by atoms with Crippen LogP contribution in [0.2, 0.25) is 0 Å². The van der Waals surface area contributed by atoms with E-state index in [2.05, 4.69) is 20.6 Å². The van der Waals surface area contributed by atoms with Gasteiger partial charge in [-0.25, -0.2) is 23.0 Å². The Kier molecular flexibility index (Phi) is 7.57. The number of fused-ring (bicyclic) bond motifs is 1. The molecular weight excluding hydrogens is 512 g/mol. The van der Waals surface area contributed by atoms with Gasteiger partial charge >= 0.3 is 0 Å². The van der Waals surface area contributed by atoms with Crippen LogP contribution in [0.3, 0.4) is 0 Å². The monoisotopic (exact) mass is 538 g/mol. The zero-order valence-electron chi connectivity index (χ0n) is 20.9. The molecule has 1 aliphatic heterocycles. The zero-order valence-corrected chi connectivity index (χ0v) is 21.8. The quantitative estimate of drug-likeness (QED) is 0.389. The van der Waals surface area contributed by atoms with Crippen LogP contribution < -0.4 is 25.0 Å². The third-order valence-electron chi connectivity index (χ3n) is 5.56. The molecule has 0 saturated heterocycles. The maximum Gasteiger partial charge on any atom is 0.271 e. The van der Waals surface area contributed by atoms with Gasteiger partial charge in [0.15, 0.2) is 6.61 Å². The van der Waals surface area contributed by atoms with Crippen molar-refractivity contribution in [2.24, 2.45) is 0 Å². The summed E-state index contributed by atoms with van der Waals surface area (Å²) in [4.78, 5) is 46.1. The Morgan fingerprint density at radius 1 is 1.05 bits per heavy atom. The minimum absolute atomic E-state index is 0.0324. The third kappa shape index (κ3) is 5.72. The molecule has 1 aliphatic rings. The standard InChI is InChI=1S/C25H26N6O6S/c1-4-21(32)30-38(35,36)18-8-6-7-16(11-18)28-25-26-13-15(3)24(29-25)27-17-9-10-20-19(12-17)31(22(33)5-2)23(34)14-37-20/h6-13H,4-5,14H2,1-3H3,(H,30,32)(H2,26,27,28,29). The summed E-state index contributed by atoms with van der Waals surface area (Å²) >= 11 is 0. The first-order chi connectivity index (χ1) is 18.1. The number of amides is 3. The van der Waals surface area contributed by atoms with Crippen LogP contribution in [0, 0.1) is 6.92 Å². The predicted octanol–water partition coefficient (Wildman–Crippen LogP) is 3.15. The molecule has 0 radical (unpaired) electrons. The van der Waals surface area contributed by atoms with Gasteiger partial charge in [-0.3, -0.25) is 14.4 Å². The number of aryl methyl sites for hydroxylation is 1. The summed E-state index contributed by atoms with van der Waals surface area (Å²) in [5.41, 5.74) is 2.00. The normalized spacial score (nSPS) is 12.8. The molecule has 1 aromatic heterocycles. The first-order valence-electron chi connectivity index (χ1n) is 11.8. The van der Waals surface area contributed by atoms with Crippen LogP contribution in [0.5, 0.6) is 5.75 Å². The highest BCUT2D eigenvalue weighted by Gasteiger charge is 2.30. The van der Waals surface area contributed by atoms with Crippen LogP contribution in [0.4, 0.5) is 28.8 Å². The van der Waals surface area contributed by atoms with Gasteiger partial charge in [0.05, 0.1) is 10.6 Å². The van der Waals surface area contributed by atoms with Gasteiger partial charge in [-0.2, -0.15) is 4.98 Å². The maximum atomic E-state index is 12.5. The summed E-state index contributed by atoms with van der Waals surface area (Å²) < 4.78 is 32.4. The summed E-state index contributed by atoms with van der Waals surface area (Å²) in [6.45, 7) is 4.83. The van der Waals surface area contributed by atoms with Crippen LogP contribution in [-0.4, -0.2) is 42.7 Å². The molecule has 3 N–H and O–H groups in total. The van der Waals surface area contributed by atoms with Gasteiger partial charge in [0.2, 0.25) is 17.8 Å². The second-order valence-corrected chi connectivity index (χ2v) is 10.0. The Morgan fingerprint density at radius 2 is 1.82 bits per heavy atom. The molecular formula is C25H26N6O6S. The first kappa shape index (κ1) is 26.5. The summed E-state index contributed by atoms with van der Waals surface area (Å²) in [5, 5.41) is 6.13. The highest BCUT2D eigenvalue weighted by Crippen LogP contribution is 2.36. The number of imide groups is 1. The highest BCUT2D eigenvalue weighted by atomic mass is 32.2. The molecule has 3 amide bonds. The van der Waals surface area contributed by atoms with Crippen LogP contribution in [-0.2, 0) is 24.4 Å². The fourth-order valence-corrected chi connectivity index (χ4v) is 4.68. The molecule has 2 aromatic carbocycles. The Hall–Kier alpha value is -4.52. The third-order valence-corrected chi connectivity index (χ3v) is 6.93. The number of ether oxygens (including phenoxy) is 1. The Bertz CT molecular complexity index is 1520. The molecule has 0 atom stereocenters. The van der Waals surface area contributed by atoms with Crippen molar-refractivity contribution in [3.05, 3.63) is 54.2 Å². The smallest absolute Gasteiger partial charge is 0.271 e. The van der Waals surface area contributed by atoms with E-state index < -0.39 is 21.8 Å². The van der Waals surface area contributed by atoms with Gasteiger partial charge < -0.3 is 15.4 Å². The number of carbonyl (C=O) groups is 3. The van der Waals surface area contributed by atoms with Crippen LogP contribution in [0.1, 0.15) is 32.3 Å². The van der Waals surface area contributed by atoms with Crippen molar-refractivity contribution >= 4 is 56.6 Å². The van der Waals surface area contributed by atoms with E-state index in [4.69, 9.17) is 4.74 Å². The summed E-state index contributed by atoms with van der Waals surface area (Å²) in [5.74, 6) is -0.336. The molecule has 0 spiro atoms. The molecule has 0 fully saturated rings. The van der Waals surface area contributed by atoms with E-state index in [1.807, 2.05) is 4.72 Å². The van der Waals surface area contributed by atoms with E-state index in [-0.39, 0.29) is 36.2 Å². The first-order valence-corrected chi connectivity index (χ1v) is 13.3. The summed E-state index contributed by atoms with van der Waals surface area (Å²) in [7, 11) is -4.02. The van der Waals surface area contributed by atoms with Crippen molar-refractivity contribution in [1.82, 2.24) is 14.7 Å². The molecule has 3 aromatic rings. The zero-order chi connectivity index (χ0) is 27.4. The fourth-order valence-electron chi connectivity index (χ4n) is 3.58. The predicted molar refractivity (Wildman–Crippen MR) is 140 cm³/mol. The topological polar surface area (TPSA) is 160 Å². The molecule has 2 heterocycles. The SMILES string of the molecule is CCC(=O)NS(=O)(=O)c1cccc(Nc2ncc(C)c(Nc3ccc4c(c3)N(C(=O)CC)C(=O)CO4)n2)c1. The van der Waals surface area contributed by atoms with E-state index in [1.165, 1.54) is 18.2 Å². The van der Waals surface area contributed by atoms with E-state index in [1.54, 1.807) is 51.2 Å². The van der Waals surface area contributed by atoms with E-state index >= 15 is 0 Å². The van der Waals surface area contributed by atoms with Crippen LogP contribution >= 0.6 is 0 Å². The van der Waals surface area contributed by atoms with Crippen molar-refractivity contribution in [2.45, 2.75) is 38.5 Å². The maximum absolute atomic E-state index is 12.5. The van der Waals surface area contributed by atoms with Crippen molar-refractivity contribution in [2.75, 3.05) is 22.1 Å². The molecule has 0 saturated carbocycles. The molecule has 0 unspecified atom stereocenters. The lowest BCUT2D eigenvalue weighted by Crippen LogP contribution is -2.42. The largest absolute Gasteiger partial charge is 0.482 e. The van der Waals surface area contributed by atoms with Gasteiger partial charge in [0.1, 0.15) is 11.6 Å². The van der Waals surface area contributed by atoms with Crippen molar-refractivity contribution < 1.29 is 27.5 Å². The number of nitrogens with zero attached hydrogens (tertiary/aromatic N) is 3. The summed E-state index contributed by atoms with van der Waals surface area (Å²) in [6, 6.07) is 10.9. The van der Waals surface area contributed by atoms with E-state index in [0.29, 0.717) is 34.2 Å². The number of nitrogens with one attached hydrogen (secondary N) is 3.